The predicted molar refractivity (Wildman–Crippen MR) is 151 cm³/mol. The van der Waals surface area contributed by atoms with E-state index in [-0.39, 0.29) is 24.0 Å². The van der Waals surface area contributed by atoms with Crippen LogP contribution < -0.4 is 0 Å². The van der Waals surface area contributed by atoms with Crippen molar-refractivity contribution in [3.05, 3.63) is 60.4 Å². The molecule has 2 N–H and O–H groups in total. The Balaban J connectivity index is 2.02. The summed E-state index contributed by atoms with van der Waals surface area (Å²) in [5.41, 5.74) is -2.44. The number of benzene rings is 1. The van der Waals surface area contributed by atoms with Crippen LogP contribution in [0.25, 0.3) is 0 Å². The number of aliphatic hydroxyl groups excluding tert-OH is 2. The largest absolute Gasteiger partial charge is 0.449 e. The topological polar surface area (TPSA) is 112 Å². The second kappa shape index (κ2) is 12.9. The van der Waals surface area contributed by atoms with E-state index in [1.54, 1.807) is 6.08 Å². The maximum atomic E-state index is 13.4. The van der Waals surface area contributed by atoms with Crippen LogP contribution in [-0.2, 0) is 28.5 Å². The SMILES string of the molecule is C=C1O[C@]2(OC(C)=O)O[C@](C)([C@H]1O)[C@@](CC[C@H](CCC)c1ccccc1)(OC(=O)C=CC(C)CC(C)CC)[C@H]2O. The van der Waals surface area contributed by atoms with Gasteiger partial charge in [-0.2, -0.15) is 0 Å². The van der Waals surface area contributed by atoms with E-state index in [4.69, 9.17) is 18.9 Å². The fourth-order valence-electron chi connectivity index (χ4n) is 6.07. The third-order valence-corrected chi connectivity index (χ3v) is 8.44. The number of rotatable bonds is 13. The fourth-order valence-corrected chi connectivity index (χ4v) is 6.07. The quantitative estimate of drug-likeness (QED) is 0.240. The molecule has 3 rings (SSSR count). The maximum absolute atomic E-state index is 13.4. The van der Waals surface area contributed by atoms with Gasteiger partial charge in [0, 0.05) is 13.0 Å². The first-order valence-electron chi connectivity index (χ1n) is 14.4. The highest BCUT2D eigenvalue weighted by Crippen LogP contribution is 2.58. The Bertz CT molecular complexity index is 1070. The molecule has 8 nitrogen and oxygen atoms in total. The van der Waals surface area contributed by atoms with Crippen molar-refractivity contribution < 1.29 is 38.7 Å². The third kappa shape index (κ3) is 6.29. The molecule has 2 aliphatic rings. The molecular formula is C32H46O8. The van der Waals surface area contributed by atoms with E-state index in [1.165, 1.54) is 13.0 Å². The van der Waals surface area contributed by atoms with Gasteiger partial charge in [0.25, 0.3) is 0 Å². The second-order valence-corrected chi connectivity index (χ2v) is 11.6. The molecule has 8 atom stereocenters. The van der Waals surface area contributed by atoms with Crippen LogP contribution in [0.15, 0.2) is 54.8 Å². The summed E-state index contributed by atoms with van der Waals surface area (Å²) in [5, 5.41) is 23.1. The van der Waals surface area contributed by atoms with Crippen molar-refractivity contribution in [3.63, 3.8) is 0 Å². The molecule has 2 fully saturated rings. The average Bonchev–Trinajstić information content (AvgIpc) is 3.05. The second-order valence-electron chi connectivity index (χ2n) is 11.6. The number of carbonyl (C=O) groups is 2. The number of esters is 2. The van der Waals surface area contributed by atoms with Crippen molar-refractivity contribution in [2.24, 2.45) is 11.8 Å². The van der Waals surface area contributed by atoms with Gasteiger partial charge < -0.3 is 24.4 Å². The van der Waals surface area contributed by atoms with Gasteiger partial charge in [-0.1, -0.05) is 83.5 Å². The Hall–Kier alpha value is -2.68. The summed E-state index contributed by atoms with van der Waals surface area (Å²) in [6.07, 6.45) is 4.21. The first-order chi connectivity index (χ1) is 18.8. The van der Waals surface area contributed by atoms with E-state index < -0.39 is 41.3 Å². The lowest BCUT2D eigenvalue weighted by atomic mass is 9.73. The van der Waals surface area contributed by atoms with Crippen LogP contribution in [0.2, 0.25) is 0 Å². The molecule has 222 valence electrons. The summed E-state index contributed by atoms with van der Waals surface area (Å²) in [5.74, 6) is -3.24. The van der Waals surface area contributed by atoms with E-state index in [9.17, 15) is 19.8 Å². The predicted octanol–water partition coefficient (Wildman–Crippen LogP) is 5.53. The number of allylic oxidation sites excluding steroid dienone is 1. The Morgan fingerprint density at radius 3 is 2.40 bits per heavy atom. The van der Waals surface area contributed by atoms with Crippen molar-refractivity contribution in [2.75, 3.05) is 0 Å². The van der Waals surface area contributed by atoms with Gasteiger partial charge in [-0.25, -0.2) is 4.79 Å². The molecule has 1 aromatic carbocycles. The van der Waals surface area contributed by atoms with E-state index in [0.717, 1.165) is 38.2 Å². The normalized spacial score (nSPS) is 31.9. The standard InChI is InChI=1S/C32H46O8/c1-8-13-25(26-14-11-10-12-15-26)18-19-31(39-27(34)17-16-22(4)20-21(3)9-2)29(36)32(38-24(6)33)37-23(5)28(35)30(31,7)40-32/h10-12,14-17,21-22,25,28-29,35-36H,5,8-9,13,18-20H2,1-4,6-7H3/t21?,22?,25-,28-,29+,30+,31-,32+/m0/s1. The molecule has 0 aromatic heterocycles. The Kier molecular flexibility index (Phi) is 10.3. The maximum Gasteiger partial charge on any atom is 0.406 e. The zero-order valence-electron chi connectivity index (χ0n) is 24.7. The first-order valence-corrected chi connectivity index (χ1v) is 14.4. The number of aliphatic hydroxyl groups is 2. The summed E-state index contributed by atoms with van der Waals surface area (Å²) in [4.78, 5) is 25.5. The lowest BCUT2D eigenvalue weighted by molar-refractivity contribution is -0.402. The Morgan fingerprint density at radius 2 is 1.80 bits per heavy atom. The summed E-state index contributed by atoms with van der Waals surface area (Å²) < 4.78 is 23.2. The molecule has 8 heteroatoms. The van der Waals surface area contributed by atoms with Crippen LogP contribution in [0.3, 0.4) is 0 Å². The lowest BCUT2D eigenvalue weighted by Crippen LogP contribution is -2.62. The van der Waals surface area contributed by atoms with Crippen LogP contribution in [0.4, 0.5) is 0 Å². The van der Waals surface area contributed by atoms with Crippen molar-refractivity contribution in [1.29, 1.82) is 0 Å². The van der Waals surface area contributed by atoms with Gasteiger partial charge in [0.1, 0.15) is 17.5 Å². The molecule has 0 radical (unpaired) electrons. The minimum atomic E-state index is -2.32. The first kappa shape index (κ1) is 31.8. The summed E-state index contributed by atoms with van der Waals surface area (Å²) in [6, 6.07) is 9.98. The fraction of sp³-hybridized carbons (Fsp3) is 0.625. The molecule has 2 heterocycles. The highest BCUT2D eigenvalue weighted by atomic mass is 16.9. The lowest BCUT2D eigenvalue weighted by Gasteiger charge is -2.45. The minimum Gasteiger partial charge on any atom is -0.449 e. The van der Waals surface area contributed by atoms with Crippen LogP contribution >= 0.6 is 0 Å². The van der Waals surface area contributed by atoms with Gasteiger partial charge >= 0.3 is 17.9 Å². The van der Waals surface area contributed by atoms with Crippen molar-refractivity contribution in [1.82, 2.24) is 0 Å². The number of hydrogen-bond acceptors (Lipinski definition) is 8. The Labute approximate surface area is 238 Å². The van der Waals surface area contributed by atoms with Crippen LogP contribution in [0, 0.1) is 11.8 Å². The highest BCUT2D eigenvalue weighted by molar-refractivity contribution is 5.82. The van der Waals surface area contributed by atoms with E-state index >= 15 is 0 Å². The van der Waals surface area contributed by atoms with Gasteiger partial charge in [-0.3, -0.25) is 9.53 Å². The molecule has 0 spiro atoms. The number of carbonyl (C=O) groups excluding carboxylic acids is 2. The molecule has 0 saturated carbocycles. The number of hydrogen-bond donors (Lipinski definition) is 2. The number of fused-ring (bicyclic) bond motifs is 2. The molecule has 2 saturated heterocycles. The van der Waals surface area contributed by atoms with Crippen molar-refractivity contribution in [3.8, 4) is 0 Å². The molecule has 0 aliphatic carbocycles. The van der Waals surface area contributed by atoms with Crippen LogP contribution in [0.1, 0.15) is 91.5 Å². The molecule has 2 aliphatic heterocycles. The van der Waals surface area contributed by atoms with E-state index in [0.29, 0.717) is 12.3 Å². The summed E-state index contributed by atoms with van der Waals surface area (Å²) in [7, 11) is 0. The van der Waals surface area contributed by atoms with Crippen molar-refractivity contribution in [2.45, 2.75) is 115 Å². The highest BCUT2D eigenvalue weighted by Gasteiger charge is 2.80. The van der Waals surface area contributed by atoms with Crippen LogP contribution in [0.5, 0.6) is 0 Å². The van der Waals surface area contributed by atoms with Gasteiger partial charge in [-0.15, -0.1) is 0 Å². The number of ether oxygens (including phenoxy) is 4. The minimum absolute atomic E-state index is 0.0788. The summed E-state index contributed by atoms with van der Waals surface area (Å²) >= 11 is 0. The van der Waals surface area contributed by atoms with Gasteiger partial charge in [0.2, 0.25) is 6.10 Å². The zero-order valence-corrected chi connectivity index (χ0v) is 24.7. The van der Waals surface area contributed by atoms with Gasteiger partial charge in [0.05, 0.1) is 0 Å². The van der Waals surface area contributed by atoms with E-state index in [1.807, 2.05) is 37.3 Å². The summed E-state index contributed by atoms with van der Waals surface area (Å²) in [6.45, 7) is 14.9. The third-order valence-electron chi connectivity index (χ3n) is 8.44. The average molecular weight is 559 g/mol. The van der Waals surface area contributed by atoms with Gasteiger partial charge in [-0.05, 0) is 55.9 Å². The Morgan fingerprint density at radius 1 is 1.12 bits per heavy atom. The smallest absolute Gasteiger partial charge is 0.406 e. The monoisotopic (exact) mass is 558 g/mol. The van der Waals surface area contributed by atoms with Crippen molar-refractivity contribution >= 4 is 11.9 Å². The van der Waals surface area contributed by atoms with E-state index in [2.05, 4.69) is 27.4 Å². The molecule has 2 bridgehead atoms. The molecular weight excluding hydrogens is 512 g/mol. The van der Waals surface area contributed by atoms with Crippen LogP contribution in [-0.4, -0.2) is 51.5 Å². The molecule has 2 unspecified atom stereocenters. The molecule has 0 amide bonds. The van der Waals surface area contributed by atoms with Gasteiger partial charge in [0.15, 0.2) is 5.60 Å². The molecule has 40 heavy (non-hydrogen) atoms. The molecule has 1 aromatic rings. The zero-order chi connectivity index (χ0) is 29.7.